The molecular formula is C23H22Cl2N4O4S. The van der Waals surface area contributed by atoms with Crippen LogP contribution in [0.2, 0.25) is 5.02 Å². The summed E-state index contributed by atoms with van der Waals surface area (Å²) in [6.45, 7) is 0.243. The molecule has 0 radical (unpaired) electrons. The van der Waals surface area contributed by atoms with Gasteiger partial charge in [-0.1, -0.05) is 23.7 Å². The Bertz CT molecular complexity index is 1310. The lowest BCUT2D eigenvalue weighted by molar-refractivity contribution is 0.233. The number of ether oxygens (including phenoxy) is 2. The highest BCUT2D eigenvalue weighted by molar-refractivity contribution is 7.88. The zero-order valence-electron chi connectivity index (χ0n) is 18.2. The number of sulfonamides is 1. The molecular weight excluding hydrogens is 499 g/mol. The van der Waals surface area contributed by atoms with Gasteiger partial charge in [-0.05, 0) is 30.5 Å². The van der Waals surface area contributed by atoms with Crippen LogP contribution in [-0.4, -0.2) is 43.0 Å². The molecule has 0 saturated heterocycles. The second kappa shape index (κ2) is 10.2. The Kier molecular flexibility index (Phi) is 7.33. The first kappa shape index (κ1) is 24.4. The maximum Gasteiger partial charge on any atom is 0.208 e. The molecule has 0 bridgehead atoms. The van der Waals surface area contributed by atoms with Crippen LogP contribution in [0.3, 0.4) is 0 Å². The van der Waals surface area contributed by atoms with Crippen LogP contribution in [-0.2, 0) is 10.0 Å². The summed E-state index contributed by atoms with van der Waals surface area (Å²) in [6, 6.07) is 12.8. The van der Waals surface area contributed by atoms with Crippen LogP contribution in [0.4, 0.5) is 0 Å². The van der Waals surface area contributed by atoms with Crippen molar-refractivity contribution in [3.05, 3.63) is 59.4 Å². The van der Waals surface area contributed by atoms with Crippen molar-refractivity contribution in [2.45, 2.75) is 24.9 Å². The van der Waals surface area contributed by atoms with E-state index in [2.05, 4.69) is 15.9 Å². The molecule has 0 aliphatic heterocycles. The number of alkyl halides is 1. The zero-order chi connectivity index (χ0) is 24.3. The highest BCUT2D eigenvalue weighted by Crippen LogP contribution is 2.36. The van der Waals surface area contributed by atoms with Gasteiger partial charge < -0.3 is 9.47 Å². The van der Waals surface area contributed by atoms with Crippen molar-refractivity contribution in [2.75, 3.05) is 18.7 Å². The summed E-state index contributed by atoms with van der Waals surface area (Å²) in [6.07, 6.45) is 6.33. The summed E-state index contributed by atoms with van der Waals surface area (Å²) in [7, 11) is -3.19. The minimum atomic E-state index is -3.19. The lowest BCUT2D eigenvalue weighted by Gasteiger charge is -2.35. The number of halogens is 2. The molecule has 1 aliphatic rings. The minimum Gasteiger partial charge on any atom is -0.489 e. The maximum absolute atomic E-state index is 11.3. The fourth-order valence-corrected chi connectivity index (χ4v) is 4.88. The summed E-state index contributed by atoms with van der Waals surface area (Å²) >= 11 is 11.9. The Morgan fingerprint density at radius 2 is 1.94 bits per heavy atom. The molecule has 178 valence electrons. The Labute approximate surface area is 208 Å². The normalized spacial score (nSPS) is 17.6. The van der Waals surface area contributed by atoms with Crippen LogP contribution in [0.25, 0.3) is 11.1 Å². The quantitative estimate of drug-likeness (QED) is 0.408. The van der Waals surface area contributed by atoms with Gasteiger partial charge in [0.2, 0.25) is 10.0 Å². The molecule has 4 rings (SSSR count). The van der Waals surface area contributed by atoms with Crippen LogP contribution >= 0.6 is 23.2 Å². The molecule has 0 unspecified atom stereocenters. The average Bonchev–Trinajstić information content (AvgIpc) is 3.24. The number of nitrogens with one attached hydrogen (secondary N) is 1. The molecule has 1 heterocycles. The van der Waals surface area contributed by atoms with Gasteiger partial charge in [-0.25, -0.2) is 13.1 Å². The maximum atomic E-state index is 11.3. The number of benzene rings is 2. The molecule has 1 aliphatic carbocycles. The minimum absolute atomic E-state index is 0.0416. The van der Waals surface area contributed by atoms with Gasteiger partial charge in [0, 0.05) is 29.9 Å². The fraction of sp³-hybridized carbons (Fsp3) is 0.304. The number of hydrogen-bond donors (Lipinski definition) is 1. The topological polar surface area (TPSA) is 106 Å². The molecule has 1 saturated carbocycles. The number of nitriles is 1. The van der Waals surface area contributed by atoms with E-state index in [9.17, 15) is 13.7 Å². The van der Waals surface area contributed by atoms with Crippen LogP contribution in [0.5, 0.6) is 17.2 Å². The van der Waals surface area contributed by atoms with Gasteiger partial charge in [-0.3, -0.25) is 4.68 Å². The molecule has 1 N–H and O–H groups in total. The molecule has 34 heavy (non-hydrogen) atoms. The third-order valence-electron chi connectivity index (χ3n) is 5.35. The molecule has 2 aromatic carbocycles. The Balaban J connectivity index is 1.41. The highest BCUT2D eigenvalue weighted by Gasteiger charge is 2.32. The molecule has 1 fully saturated rings. The first-order valence-electron chi connectivity index (χ1n) is 10.5. The van der Waals surface area contributed by atoms with E-state index >= 15 is 0 Å². The molecule has 3 aromatic rings. The lowest BCUT2D eigenvalue weighted by atomic mass is 9.88. The van der Waals surface area contributed by atoms with E-state index in [4.69, 9.17) is 32.7 Å². The van der Waals surface area contributed by atoms with E-state index in [1.165, 1.54) is 6.26 Å². The van der Waals surface area contributed by atoms with E-state index in [0.29, 0.717) is 24.3 Å². The van der Waals surface area contributed by atoms with E-state index < -0.39 is 10.0 Å². The average molecular weight is 521 g/mol. The van der Waals surface area contributed by atoms with Crippen molar-refractivity contribution in [2.24, 2.45) is 0 Å². The molecule has 0 atom stereocenters. The predicted octanol–water partition coefficient (Wildman–Crippen LogP) is 4.74. The monoisotopic (exact) mass is 520 g/mol. The Hall–Kier alpha value is -2.77. The molecule has 8 nitrogen and oxygen atoms in total. The van der Waals surface area contributed by atoms with Gasteiger partial charge in [0.25, 0.3) is 0 Å². The van der Waals surface area contributed by atoms with E-state index in [0.717, 1.165) is 11.1 Å². The van der Waals surface area contributed by atoms with Gasteiger partial charge >= 0.3 is 0 Å². The van der Waals surface area contributed by atoms with E-state index in [1.807, 2.05) is 35.1 Å². The zero-order valence-corrected chi connectivity index (χ0v) is 20.6. The van der Waals surface area contributed by atoms with Crippen molar-refractivity contribution in [1.29, 1.82) is 5.26 Å². The lowest BCUT2D eigenvalue weighted by Crippen LogP contribution is -2.44. The molecule has 1 aromatic heterocycles. The van der Waals surface area contributed by atoms with Gasteiger partial charge in [-0.15, -0.1) is 11.6 Å². The first-order chi connectivity index (χ1) is 16.3. The van der Waals surface area contributed by atoms with Gasteiger partial charge in [0.15, 0.2) is 5.75 Å². The van der Waals surface area contributed by atoms with Crippen LogP contribution in [0.1, 0.15) is 24.4 Å². The SMILES string of the molecule is CS(=O)(=O)N[C@H]1C[C@H](n2cc(-c3ccc(Oc4cc(Cl)c(OCCCl)c(C#N)c4)cc3)cn2)C1. The van der Waals surface area contributed by atoms with Crippen molar-refractivity contribution < 1.29 is 17.9 Å². The number of aromatic nitrogens is 2. The van der Waals surface area contributed by atoms with Crippen LogP contribution < -0.4 is 14.2 Å². The number of nitrogens with zero attached hydrogens (tertiary/aromatic N) is 3. The Morgan fingerprint density at radius 3 is 2.59 bits per heavy atom. The van der Waals surface area contributed by atoms with Crippen LogP contribution in [0.15, 0.2) is 48.8 Å². The highest BCUT2D eigenvalue weighted by atomic mass is 35.5. The third-order valence-corrected chi connectivity index (χ3v) is 6.55. The van der Waals surface area contributed by atoms with Crippen molar-refractivity contribution in [3.8, 4) is 34.4 Å². The number of rotatable bonds is 9. The first-order valence-corrected chi connectivity index (χ1v) is 13.3. The van der Waals surface area contributed by atoms with Gasteiger partial charge in [0.1, 0.15) is 24.2 Å². The molecule has 0 spiro atoms. The van der Waals surface area contributed by atoms with E-state index in [1.54, 1.807) is 18.3 Å². The standard InChI is InChI=1S/C23H22Cl2N4O4S/c1-34(30,31)28-18-9-19(10-18)29-14-17(13-27-29)15-2-4-20(5-3-15)33-21-8-16(12-26)23(22(25)11-21)32-7-6-24/h2-5,8,11,13-14,18-19,28H,6-7,9-10H2,1H3/t18-,19-. The second-order valence-corrected chi connectivity index (χ2v) is 10.5. The predicted molar refractivity (Wildman–Crippen MR) is 130 cm³/mol. The molecule has 0 amide bonds. The summed E-state index contributed by atoms with van der Waals surface area (Å²) in [5.74, 6) is 1.57. The summed E-state index contributed by atoms with van der Waals surface area (Å²) < 4.78 is 38.5. The smallest absolute Gasteiger partial charge is 0.208 e. The van der Waals surface area contributed by atoms with Crippen LogP contribution in [0, 0.1) is 11.3 Å². The molecule has 11 heteroatoms. The van der Waals surface area contributed by atoms with Crippen molar-refractivity contribution in [1.82, 2.24) is 14.5 Å². The van der Waals surface area contributed by atoms with Crippen molar-refractivity contribution >= 4 is 33.2 Å². The summed E-state index contributed by atoms with van der Waals surface area (Å²) in [4.78, 5) is 0. The third kappa shape index (κ3) is 5.83. The summed E-state index contributed by atoms with van der Waals surface area (Å²) in [5, 5.41) is 14.1. The Morgan fingerprint density at radius 1 is 1.21 bits per heavy atom. The summed E-state index contributed by atoms with van der Waals surface area (Å²) in [5.41, 5.74) is 2.17. The number of hydrogen-bond acceptors (Lipinski definition) is 6. The van der Waals surface area contributed by atoms with E-state index in [-0.39, 0.29) is 40.9 Å². The van der Waals surface area contributed by atoms with Gasteiger partial charge in [0.05, 0.1) is 35.0 Å². The van der Waals surface area contributed by atoms with Gasteiger partial charge in [-0.2, -0.15) is 10.4 Å². The largest absolute Gasteiger partial charge is 0.489 e. The second-order valence-electron chi connectivity index (χ2n) is 7.98. The van der Waals surface area contributed by atoms with Crippen molar-refractivity contribution in [3.63, 3.8) is 0 Å². The fourth-order valence-electron chi connectivity index (χ4n) is 3.74.